The number of nitrogens with zero attached hydrogens (tertiary/aromatic N) is 2. The molecular formula is C42H45F5N2O4S. The van der Waals surface area contributed by atoms with Gasteiger partial charge in [-0.25, -0.2) is 8.78 Å². The number of benzene rings is 4. The first kappa shape index (κ1) is 42.1. The number of carbonyl (C=O) groups is 1. The number of hydrogen-bond acceptors (Lipinski definition) is 5. The summed E-state index contributed by atoms with van der Waals surface area (Å²) in [6.45, 7) is 6.80. The van der Waals surface area contributed by atoms with Crippen LogP contribution in [0.4, 0.5) is 22.0 Å². The van der Waals surface area contributed by atoms with Crippen molar-refractivity contribution in [2.75, 3.05) is 13.7 Å². The smallest absolute Gasteiger partial charge is 0.385 e. The lowest BCUT2D eigenvalue weighted by atomic mass is 10.0. The molecule has 0 aliphatic heterocycles. The van der Waals surface area contributed by atoms with Crippen molar-refractivity contribution in [2.24, 2.45) is 0 Å². The third-order valence-corrected chi connectivity index (χ3v) is 9.60. The van der Waals surface area contributed by atoms with E-state index in [-0.39, 0.29) is 35.2 Å². The summed E-state index contributed by atoms with van der Waals surface area (Å²) in [6.07, 6.45) is -0.419. The number of hydroxylamine groups is 2. The van der Waals surface area contributed by atoms with Crippen LogP contribution in [-0.2, 0) is 28.0 Å². The van der Waals surface area contributed by atoms with Crippen molar-refractivity contribution < 1.29 is 36.3 Å². The maximum absolute atomic E-state index is 14.5. The number of aromatic nitrogens is 1. The van der Waals surface area contributed by atoms with Crippen LogP contribution in [0.5, 0.6) is 5.75 Å². The fraction of sp³-hybridized carbons (Fsp3) is 0.333. The number of alkyl halides is 3. The monoisotopic (exact) mass is 768 g/mol. The first-order chi connectivity index (χ1) is 25.9. The van der Waals surface area contributed by atoms with E-state index in [2.05, 4.69) is 6.92 Å². The Morgan fingerprint density at radius 1 is 0.833 bits per heavy atom. The van der Waals surface area contributed by atoms with Gasteiger partial charge in [-0.05, 0) is 72.9 Å². The van der Waals surface area contributed by atoms with Crippen molar-refractivity contribution in [1.29, 1.82) is 0 Å². The minimum atomic E-state index is -4.43. The summed E-state index contributed by atoms with van der Waals surface area (Å²) < 4.78 is 73.9. The summed E-state index contributed by atoms with van der Waals surface area (Å²) in [7, 11) is 1.71. The molecule has 288 valence electrons. The van der Waals surface area contributed by atoms with E-state index in [1.54, 1.807) is 60.2 Å². The standard InChI is InChI=1S/C38H35F5N2O3S.C4H10O/c1-3-8-29(9-4-2)45(48-30-20-16-26(17-21-30)25-14-18-28(19-15-25)38(41,42)43)35(47)23-44-33-13-6-5-11-31(33)34(46)22-36(44)49-24-27-10-7-12-32(39)37(27)40;1-3-4-5-2/h5-7,10-22,29H,3-4,8-9,23-24H2,1-2H3;3-4H2,1-2H3. The molecule has 0 aliphatic rings. The summed E-state index contributed by atoms with van der Waals surface area (Å²) in [5, 5.41) is 2.18. The molecule has 0 saturated carbocycles. The second-order valence-corrected chi connectivity index (χ2v) is 13.6. The van der Waals surface area contributed by atoms with E-state index >= 15 is 0 Å². The minimum absolute atomic E-state index is 0.0232. The van der Waals surface area contributed by atoms with E-state index in [9.17, 15) is 31.5 Å². The van der Waals surface area contributed by atoms with Gasteiger partial charge in [0.1, 0.15) is 6.54 Å². The van der Waals surface area contributed by atoms with Gasteiger partial charge in [-0.1, -0.05) is 82.1 Å². The van der Waals surface area contributed by atoms with Crippen molar-refractivity contribution in [3.8, 4) is 16.9 Å². The molecule has 1 heterocycles. The lowest BCUT2D eigenvalue weighted by molar-refractivity contribution is -0.168. The van der Waals surface area contributed by atoms with Gasteiger partial charge >= 0.3 is 6.18 Å². The van der Waals surface area contributed by atoms with E-state index < -0.39 is 23.4 Å². The zero-order valence-corrected chi connectivity index (χ0v) is 31.6. The van der Waals surface area contributed by atoms with Crippen LogP contribution in [0.2, 0.25) is 0 Å². The molecule has 0 bridgehead atoms. The van der Waals surface area contributed by atoms with Gasteiger partial charge in [-0.15, -0.1) is 11.8 Å². The highest BCUT2D eigenvalue weighted by Crippen LogP contribution is 2.32. The van der Waals surface area contributed by atoms with Gasteiger partial charge in [0.15, 0.2) is 22.8 Å². The van der Waals surface area contributed by atoms with Crippen LogP contribution in [0.25, 0.3) is 22.0 Å². The van der Waals surface area contributed by atoms with Crippen molar-refractivity contribution in [2.45, 2.75) is 82.4 Å². The van der Waals surface area contributed by atoms with Crippen LogP contribution in [0.1, 0.15) is 64.0 Å². The molecule has 1 aromatic heterocycles. The Bertz CT molecular complexity index is 2010. The Kier molecular flexibility index (Phi) is 15.7. The third-order valence-electron chi connectivity index (χ3n) is 8.51. The largest absolute Gasteiger partial charge is 0.416 e. The number of ether oxygens (including phenoxy) is 1. The van der Waals surface area contributed by atoms with Crippen LogP contribution in [0.3, 0.4) is 0 Å². The van der Waals surface area contributed by atoms with E-state index in [1.807, 2.05) is 13.8 Å². The van der Waals surface area contributed by atoms with E-state index in [0.29, 0.717) is 45.6 Å². The zero-order valence-electron chi connectivity index (χ0n) is 30.8. The number of carbonyl (C=O) groups excluding carboxylic acids is 1. The number of fused-ring (bicyclic) bond motifs is 1. The SMILES string of the molecule is CCCC(CCC)N(Oc1ccc(-c2ccc(C(F)(F)F)cc2)cc1)C(=O)Cn1c(SCc2cccc(F)c2F)cc(=O)c2ccccc21.CCCOC. The molecule has 5 rings (SSSR count). The summed E-state index contributed by atoms with van der Waals surface area (Å²) >= 11 is 1.12. The molecule has 0 radical (unpaired) electrons. The van der Waals surface area contributed by atoms with Crippen LogP contribution >= 0.6 is 11.8 Å². The third kappa shape index (κ3) is 11.2. The molecule has 0 atom stereocenters. The number of halogens is 5. The summed E-state index contributed by atoms with van der Waals surface area (Å²) in [5.74, 6) is -1.93. The van der Waals surface area contributed by atoms with E-state index in [4.69, 9.17) is 9.57 Å². The average Bonchev–Trinajstić information content (AvgIpc) is 3.16. The molecule has 0 unspecified atom stereocenters. The van der Waals surface area contributed by atoms with Crippen molar-refractivity contribution in [1.82, 2.24) is 9.63 Å². The molecular weight excluding hydrogens is 724 g/mol. The number of para-hydroxylation sites is 1. The Morgan fingerprint density at radius 3 is 2.04 bits per heavy atom. The number of rotatable bonds is 15. The Labute approximate surface area is 316 Å². The Morgan fingerprint density at radius 2 is 1.46 bits per heavy atom. The lowest BCUT2D eigenvalue weighted by Gasteiger charge is -2.31. The molecule has 0 aliphatic carbocycles. The summed E-state index contributed by atoms with van der Waals surface area (Å²) in [5.41, 5.74) is 0.900. The highest BCUT2D eigenvalue weighted by Gasteiger charge is 2.30. The Hall–Kier alpha value is -4.68. The second-order valence-electron chi connectivity index (χ2n) is 12.6. The fourth-order valence-electron chi connectivity index (χ4n) is 5.86. The van der Waals surface area contributed by atoms with Gasteiger partial charge in [0.05, 0.1) is 22.1 Å². The van der Waals surface area contributed by atoms with Crippen molar-refractivity contribution in [3.05, 3.63) is 130 Å². The number of pyridine rings is 1. The molecule has 4 aromatic carbocycles. The summed E-state index contributed by atoms with van der Waals surface area (Å²) in [6, 6.07) is 23.5. The lowest BCUT2D eigenvalue weighted by Crippen LogP contribution is -2.44. The molecule has 0 N–H and O–H groups in total. The predicted octanol–water partition coefficient (Wildman–Crippen LogP) is 11.1. The van der Waals surface area contributed by atoms with Gasteiger partial charge in [0.2, 0.25) is 0 Å². The van der Waals surface area contributed by atoms with Gasteiger partial charge < -0.3 is 14.1 Å². The van der Waals surface area contributed by atoms with Crippen molar-refractivity contribution >= 4 is 28.6 Å². The van der Waals surface area contributed by atoms with E-state index in [0.717, 1.165) is 55.8 Å². The normalized spacial score (nSPS) is 11.4. The van der Waals surface area contributed by atoms with Gasteiger partial charge in [-0.2, -0.15) is 18.2 Å². The number of amides is 1. The van der Waals surface area contributed by atoms with Gasteiger partial charge in [0, 0.05) is 36.5 Å². The topological polar surface area (TPSA) is 60.8 Å². The summed E-state index contributed by atoms with van der Waals surface area (Å²) in [4.78, 5) is 33.6. The molecule has 5 aromatic rings. The first-order valence-electron chi connectivity index (χ1n) is 17.9. The van der Waals surface area contributed by atoms with Crippen molar-refractivity contribution in [3.63, 3.8) is 0 Å². The highest BCUT2D eigenvalue weighted by molar-refractivity contribution is 7.98. The van der Waals surface area contributed by atoms with Crippen LogP contribution in [0, 0.1) is 11.6 Å². The molecule has 12 heteroatoms. The molecule has 0 fully saturated rings. The van der Waals surface area contributed by atoms with Gasteiger partial charge in [-0.3, -0.25) is 9.59 Å². The van der Waals surface area contributed by atoms with Crippen LogP contribution in [-0.4, -0.2) is 35.3 Å². The maximum atomic E-state index is 14.5. The quantitative estimate of drug-likeness (QED) is 0.0603. The number of methoxy groups -OCH3 is 1. The first-order valence-corrected chi connectivity index (χ1v) is 18.8. The average molecular weight is 769 g/mol. The number of thioether (sulfide) groups is 1. The van der Waals surface area contributed by atoms with Crippen LogP contribution < -0.4 is 10.3 Å². The fourth-order valence-corrected chi connectivity index (χ4v) is 6.89. The Balaban J connectivity index is 0.00000122. The predicted molar refractivity (Wildman–Crippen MR) is 204 cm³/mol. The molecule has 6 nitrogen and oxygen atoms in total. The van der Waals surface area contributed by atoms with Gasteiger partial charge in [0.25, 0.3) is 5.91 Å². The molecule has 0 saturated heterocycles. The maximum Gasteiger partial charge on any atom is 0.416 e. The molecule has 54 heavy (non-hydrogen) atoms. The number of hydrogen-bond donors (Lipinski definition) is 0. The minimum Gasteiger partial charge on any atom is -0.385 e. The van der Waals surface area contributed by atoms with Crippen LogP contribution in [0.15, 0.2) is 107 Å². The highest BCUT2D eigenvalue weighted by atomic mass is 32.2. The molecule has 1 amide bonds. The molecule has 0 spiro atoms. The second kappa shape index (κ2) is 20.1. The zero-order chi connectivity index (χ0) is 39.3. The van der Waals surface area contributed by atoms with E-state index in [1.165, 1.54) is 35.4 Å².